The number of piperidine rings is 2. The molecule has 0 bridgehead atoms. The lowest BCUT2D eigenvalue weighted by molar-refractivity contribution is 0.0636. The van der Waals surface area contributed by atoms with Crippen molar-refractivity contribution >= 4 is 29.1 Å². The van der Waals surface area contributed by atoms with Gasteiger partial charge in [0.1, 0.15) is 0 Å². The molecule has 5 nitrogen and oxygen atoms in total. The topological polar surface area (TPSA) is 52.7 Å². The van der Waals surface area contributed by atoms with E-state index in [1.807, 2.05) is 41.3 Å². The molecule has 6 heteroatoms. The van der Waals surface area contributed by atoms with E-state index >= 15 is 0 Å². The number of likely N-dealkylation sites (tertiary alicyclic amines) is 1. The van der Waals surface area contributed by atoms with Crippen molar-refractivity contribution in [3.05, 3.63) is 64.7 Å². The molecule has 0 saturated carbocycles. The van der Waals surface area contributed by atoms with E-state index in [2.05, 4.69) is 17.1 Å². The number of halogens is 1. The van der Waals surface area contributed by atoms with Crippen LogP contribution < -0.4 is 10.2 Å². The fraction of sp³-hybridized carbons (Fsp3) is 0.440. The van der Waals surface area contributed by atoms with Gasteiger partial charge in [0.25, 0.3) is 11.8 Å². The first-order valence-corrected chi connectivity index (χ1v) is 11.6. The largest absolute Gasteiger partial charge is 0.371 e. The highest BCUT2D eigenvalue weighted by Gasteiger charge is 2.28. The molecule has 0 unspecified atom stereocenters. The second-order valence-corrected chi connectivity index (χ2v) is 8.98. The van der Waals surface area contributed by atoms with Crippen molar-refractivity contribution in [1.82, 2.24) is 10.2 Å². The van der Waals surface area contributed by atoms with E-state index in [0.29, 0.717) is 16.6 Å². The molecule has 2 aromatic rings. The van der Waals surface area contributed by atoms with Gasteiger partial charge in [0.2, 0.25) is 0 Å². The van der Waals surface area contributed by atoms with Gasteiger partial charge in [-0.05, 0) is 63.3 Å². The zero-order chi connectivity index (χ0) is 21.8. The summed E-state index contributed by atoms with van der Waals surface area (Å²) in [6, 6.07) is 15.5. The van der Waals surface area contributed by atoms with E-state index in [-0.39, 0.29) is 17.9 Å². The SMILES string of the molecule is C[C@H]1CCCCN1C(=O)c1ccccc1N1CCC(NC(=O)c2ccccc2Cl)CC1. The number of carbonyl (C=O) groups excluding carboxylic acids is 2. The number of hydrogen-bond acceptors (Lipinski definition) is 3. The summed E-state index contributed by atoms with van der Waals surface area (Å²) in [4.78, 5) is 30.2. The molecule has 0 aromatic heterocycles. The summed E-state index contributed by atoms with van der Waals surface area (Å²) in [5, 5.41) is 3.59. The Kier molecular flexibility index (Phi) is 6.81. The predicted octanol–water partition coefficient (Wildman–Crippen LogP) is 4.75. The standard InChI is InChI=1S/C25H30ClN3O2/c1-18-8-6-7-15-29(18)25(31)21-10-3-5-12-23(21)28-16-13-19(14-17-28)27-24(30)20-9-2-4-11-22(20)26/h2-5,9-12,18-19H,6-8,13-17H2,1H3,(H,27,30)/t18-/m0/s1. The van der Waals surface area contributed by atoms with Crippen LogP contribution in [0.1, 0.15) is 59.7 Å². The molecule has 1 atom stereocenters. The maximum absolute atomic E-state index is 13.3. The Morgan fingerprint density at radius 2 is 1.58 bits per heavy atom. The predicted molar refractivity (Wildman–Crippen MR) is 125 cm³/mol. The average Bonchev–Trinajstić information content (AvgIpc) is 2.80. The third-order valence-corrected chi connectivity index (χ3v) is 6.82. The fourth-order valence-corrected chi connectivity index (χ4v) is 4.88. The van der Waals surface area contributed by atoms with Gasteiger partial charge in [-0.25, -0.2) is 0 Å². The summed E-state index contributed by atoms with van der Waals surface area (Å²) in [5.41, 5.74) is 2.30. The quantitative estimate of drug-likeness (QED) is 0.747. The summed E-state index contributed by atoms with van der Waals surface area (Å²) in [5.74, 6) is 0.00987. The molecule has 2 aliphatic rings. The third kappa shape index (κ3) is 4.87. The van der Waals surface area contributed by atoms with Crippen molar-refractivity contribution in [2.24, 2.45) is 0 Å². The zero-order valence-electron chi connectivity index (χ0n) is 18.0. The van der Waals surface area contributed by atoms with E-state index in [0.717, 1.165) is 56.6 Å². The van der Waals surface area contributed by atoms with Gasteiger partial charge in [-0.1, -0.05) is 35.9 Å². The van der Waals surface area contributed by atoms with Crippen LogP contribution in [0.4, 0.5) is 5.69 Å². The Morgan fingerprint density at radius 3 is 2.29 bits per heavy atom. The first kappa shape index (κ1) is 21.7. The summed E-state index contributed by atoms with van der Waals surface area (Å²) in [7, 11) is 0. The molecular weight excluding hydrogens is 410 g/mol. The van der Waals surface area contributed by atoms with Gasteiger partial charge in [0.15, 0.2) is 0 Å². The molecule has 1 N–H and O–H groups in total. The highest BCUT2D eigenvalue weighted by atomic mass is 35.5. The number of rotatable bonds is 4. The van der Waals surface area contributed by atoms with Gasteiger partial charge >= 0.3 is 0 Å². The molecule has 2 heterocycles. The van der Waals surface area contributed by atoms with Gasteiger partial charge in [-0.2, -0.15) is 0 Å². The van der Waals surface area contributed by atoms with E-state index < -0.39 is 0 Å². The minimum absolute atomic E-state index is 0.102. The van der Waals surface area contributed by atoms with Crippen molar-refractivity contribution in [1.29, 1.82) is 0 Å². The van der Waals surface area contributed by atoms with E-state index in [1.165, 1.54) is 6.42 Å². The number of carbonyl (C=O) groups is 2. The van der Waals surface area contributed by atoms with Crippen molar-refractivity contribution in [3.63, 3.8) is 0 Å². The van der Waals surface area contributed by atoms with Crippen molar-refractivity contribution in [2.75, 3.05) is 24.5 Å². The molecule has 2 fully saturated rings. The number of anilines is 1. The van der Waals surface area contributed by atoms with Gasteiger partial charge in [-0.3, -0.25) is 9.59 Å². The van der Waals surface area contributed by atoms with Crippen LogP contribution in [-0.2, 0) is 0 Å². The Morgan fingerprint density at radius 1 is 0.903 bits per heavy atom. The number of amides is 2. The van der Waals surface area contributed by atoms with Crippen molar-refractivity contribution in [3.8, 4) is 0 Å². The Balaban J connectivity index is 1.41. The zero-order valence-corrected chi connectivity index (χ0v) is 18.8. The first-order chi connectivity index (χ1) is 15.0. The highest BCUT2D eigenvalue weighted by molar-refractivity contribution is 6.33. The average molecular weight is 440 g/mol. The molecule has 0 radical (unpaired) electrons. The normalized spacial score (nSPS) is 19.9. The number of para-hydroxylation sites is 1. The van der Waals surface area contributed by atoms with Crippen molar-refractivity contribution < 1.29 is 9.59 Å². The molecule has 164 valence electrons. The van der Waals surface area contributed by atoms with Gasteiger partial charge in [0, 0.05) is 37.4 Å². The molecule has 2 aromatic carbocycles. The van der Waals surface area contributed by atoms with Crippen LogP contribution in [0.15, 0.2) is 48.5 Å². The molecular formula is C25H30ClN3O2. The minimum Gasteiger partial charge on any atom is -0.371 e. The monoisotopic (exact) mass is 439 g/mol. The third-order valence-electron chi connectivity index (χ3n) is 6.49. The lowest BCUT2D eigenvalue weighted by Crippen LogP contribution is -2.46. The van der Waals surface area contributed by atoms with Crippen LogP contribution >= 0.6 is 11.6 Å². The lowest BCUT2D eigenvalue weighted by atomic mass is 9.99. The molecule has 2 saturated heterocycles. The molecule has 0 aliphatic carbocycles. The highest BCUT2D eigenvalue weighted by Crippen LogP contribution is 2.28. The molecule has 31 heavy (non-hydrogen) atoms. The summed E-state index contributed by atoms with van der Waals surface area (Å²) in [6.45, 7) is 4.58. The van der Waals surface area contributed by atoms with Crippen LogP contribution in [0, 0.1) is 0 Å². The van der Waals surface area contributed by atoms with Crippen LogP contribution in [0.2, 0.25) is 5.02 Å². The Bertz CT molecular complexity index is 940. The maximum Gasteiger partial charge on any atom is 0.256 e. The van der Waals surface area contributed by atoms with E-state index in [1.54, 1.807) is 12.1 Å². The fourth-order valence-electron chi connectivity index (χ4n) is 4.66. The Labute approximate surface area is 189 Å². The summed E-state index contributed by atoms with van der Waals surface area (Å²) < 4.78 is 0. The molecule has 4 rings (SSSR count). The smallest absolute Gasteiger partial charge is 0.256 e. The van der Waals surface area contributed by atoms with Crippen LogP contribution in [0.5, 0.6) is 0 Å². The second kappa shape index (κ2) is 9.73. The van der Waals surface area contributed by atoms with Crippen LogP contribution in [0.3, 0.4) is 0 Å². The first-order valence-electron chi connectivity index (χ1n) is 11.2. The molecule has 2 amide bonds. The van der Waals surface area contributed by atoms with E-state index in [9.17, 15) is 9.59 Å². The number of nitrogens with zero attached hydrogens (tertiary/aromatic N) is 2. The Hall–Kier alpha value is -2.53. The van der Waals surface area contributed by atoms with Crippen LogP contribution in [0.25, 0.3) is 0 Å². The van der Waals surface area contributed by atoms with Gasteiger partial charge in [0.05, 0.1) is 16.1 Å². The second-order valence-electron chi connectivity index (χ2n) is 8.58. The molecule has 0 spiro atoms. The summed E-state index contributed by atoms with van der Waals surface area (Å²) >= 11 is 6.16. The number of hydrogen-bond donors (Lipinski definition) is 1. The number of nitrogens with one attached hydrogen (secondary N) is 1. The lowest BCUT2D eigenvalue weighted by Gasteiger charge is -2.37. The maximum atomic E-state index is 13.3. The molecule has 2 aliphatic heterocycles. The minimum atomic E-state index is -0.126. The van der Waals surface area contributed by atoms with Crippen LogP contribution in [-0.4, -0.2) is 48.4 Å². The van der Waals surface area contributed by atoms with Gasteiger partial charge < -0.3 is 15.1 Å². The van der Waals surface area contributed by atoms with Gasteiger partial charge in [-0.15, -0.1) is 0 Å². The van der Waals surface area contributed by atoms with Crippen molar-refractivity contribution in [2.45, 2.75) is 51.1 Å². The number of benzene rings is 2. The summed E-state index contributed by atoms with van der Waals surface area (Å²) in [6.07, 6.45) is 5.01. The van der Waals surface area contributed by atoms with E-state index in [4.69, 9.17) is 11.6 Å².